The van der Waals surface area contributed by atoms with Crippen LogP contribution in [0.5, 0.6) is 0 Å². The molecule has 0 aromatic rings. The largest absolute Gasteiger partial charge is 0.311 e. The minimum Gasteiger partial charge on any atom is -0.311 e. The molecule has 1 aliphatic heterocycles. The normalized spacial score (nSPS) is 29.2. The summed E-state index contributed by atoms with van der Waals surface area (Å²) in [6.45, 7) is 11.7. The van der Waals surface area contributed by atoms with Gasteiger partial charge in [0.1, 0.15) is 0 Å². The van der Waals surface area contributed by atoms with Gasteiger partial charge in [-0.2, -0.15) is 0 Å². The smallest absolute Gasteiger partial charge is 0.0195 e. The van der Waals surface area contributed by atoms with Crippen molar-refractivity contribution in [1.29, 1.82) is 0 Å². The molecule has 0 saturated carbocycles. The first-order valence-electron chi connectivity index (χ1n) is 7.18. The molecule has 96 valence electrons. The lowest BCUT2D eigenvalue weighted by molar-refractivity contribution is 0.0918. The van der Waals surface area contributed by atoms with Crippen LogP contribution in [0.4, 0.5) is 0 Å². The highest BCUT2D eigenvalue weighted by Gasteiger charge is 2.26. The molecule has 1 saturated heterocycles. The van der Waals surface area contributed by atoms with Gasteiger partial charge in [-0.25, -0.2) is 0 Å². The molecule has 1 rings (SSSR count). The molecule has 16 heavy (non-hydrogen) atoms. The second-order valence-corrected chi connectivity index (χ2v) is 5.40. The summed E-state index contributed by atoms with van der Waals surface area (Å²) in [5.74, 6) is 0. The van der Waals surface area contributed by atoms with E-state index in [1.165, 1.54) is 38.6 Å². The molecule has 2 heteroatoms. The number of piperazine rings is 1. The van der Waals surface area contributed by atoms with E-state index in [2.05, 4.69) is 37.9 Å². The van der Waals surface area contributed by atoms with E-state index in [4.69, 9.17) is 0 Å². The van der Waals surface area contributed by atoms with E-state index >= 15 is 0 Å². The van der Waals surface area contributed by atoms with E-state index in [0.717, 1.165) is 12.6 Å². The quantitative estimate of drug-likeness (QED) is 0.700. The molecule has 1 N–H and O–H groups in total. The zero-order chi connectivity index (χ0) is 12.0. The van der Waals surface area contributed by atoms with Gasteiger partial charge in [-0.15, -0.1) is 0 Å². The molecule has 0 aromatic heterocycles. The van der Waals surface area contributed by atoms with Crippen molar-refractivity contribution in [2.45, 2.75) is 77.9 Å². The molecule has 3 unspecified atom stereocenters. The maximum absolute atomic E-state index is 3.63. The standard InChI is InChI=1S/C14H30N2/c1-5-7-8-9-12(3)16-11-14(6-2)15-10-13(16)4/h12-15H,5-11H2,1-4H3. The van der Waals surface area contributed by atoms with Crippen LogP contribution in [0.25, 0.3) is 0 Å². The van der Waals surface area contributed by atoms with Gasteiger partial charge in [0.05, 0.1) is 0 Å². The van der Waals surface area contributed by atoms with Gasteiger partial charge < -0.3 is 5.32 Å². The Hall–Kier alpha value is -0.0800. The van der Waals surface area contributed by atoms with E-state index in [9.17, 15) is 0 Å². The summed E-state index contributed by atoms with van der Waals surface area (Å²) in [7, 11) is 0. The topological polar surface area (TPSA) is 15.3 Å². The highest BCUT2D eigenvalue weighted by molar-refractivity contribution is 4.85. The van der Waals surface area contributed by atoms with Crippen molar-refractivity contribution < 1.29 is 0 Å². The van der Waals surface area contributed by atoms with Crippen LogP contribution in [-0.2, 0) is 0 Å². The molecule has 1 fully saturated rings. The molecule has 0 radical (unpaired) electrons. The first-order valence-corrected chi connectivity index (χ1v) is 7.18. The number of hydrogen-bond acceptors (Lipinski definition) is 2. The van der Waals surface area contributed by atoms with Crippen molar-refractivity contribution in [2.24, 2.45) is 0 Å². The lowest BCUT2D eigenvalue weighted by Crippen LogP contribution is -2.57. The van der Waals surface area contributed by atoms with Crippen molar-refractivity contribution in [2.75, 3.05) is 13.1 Å². The van der Waals surface area contributed by atoms with Crippen molar-refractivity contribution in [3.05, 3.63) is 0 Å². The van der Waals surface area contributed by atoms with Crippen LogP contribution >= 0.6 is 0 Å². The maximum atomic E-state index is 3.63. The maximum Gasteiger partial charge on any atom is 0.0195 e. The van der Waals surface area contributed by atoms with Crippen molar-refractivity contribution in [3.63, 3.8) is 0 Å². The molecule has 0 spiro atoms. The van der Waals surface area contributed by atoms with Crippen LogP contribution in [0.2, 0.25) is 0 Å². The fourth-order valence-corrected chi connectivity index (χ4v) is 2.70. The van der Waals surface area contributed by atoms with E-state index in [1.54, 1.807) is 0 Å². The number of nitrogens with one attached hydrogen (secondary N) is 1. The molecule has 0 aliphatic carbocycles. The Balaban J connectivity index is 2.36. The molecule has 0 aromatic carbocycles. The number of rotatable bonds is 6. The molecular formula is C14H30N2. The third kappa shape index (κ3) is 4.06. The molecule has 2 nitrogen and oxygen atoms in total. The second kappa shape index (κ2) is 7.29. The number of nitrogens with zero attached hydrogens (tertiary/aromatic N) is 1. The monoisotopic (exact) mass is 226 g/mol. The Morgan fingerprint density at radius 3 is 2.69 bits per heavy atom. The first kappa shape index (κ1) is 14.0. The van der Waals surface area contributed by atoms with E-state index in [-0.39, 0.29) is 0 Å². The Morgan fingerprint density at radius 1 is 1.31 bits per heavy atom. The molecule has 3 atom stereocenters. The Kier molecular flexibility index (Phi) is 6.37. The lowest BCUT2D eigenvalue weighted by Gasteiger charge is -2.42. The van der Waals surface area contributed by atoms with Gasteiger partial charge >= 0.3 is 0 Å². The summed E-state index contributed by atoms with van der Waals surface area (Å²) in [5, 5.41) is 3.63. The van der Waals surface area contributed by atoms with Crippen molar-refractivity contribution in [1.82, 2.24) is 10.2 Å². The van der Waals surface area contributed by atoms with E-state index in [1.807, 2.05) is 0 Å². The van der Waals surface area contributed by atoms with Crippen LogP contribution in [-0.4, -0.2) is 36.1 Å². The molecule has 0 amide bonds. The summed E-state index contributed by atoms with van der Waals surface area (Å²) < 4.78 is 0. The second-order valence-electron chi connectivity index (χ2n) is 5.40. The summed E-state index contributed by atoms with van der Waals surface area (Å²) in [4.78, 5) is 2.71. The fraction of sp³-hybridized carbons (Fsp3) is 1.00. The molecular weight excluding hydrogens is 196 g/mol. The summed E-state index contributed by atoms with van der Waals surface area (Å²) in [6.07, 6.45) is 6.74. The van der Waals surface area contributed by atoms with Crippen LogP contribution in [0, 0.1) is 0 Å². The minimum atomic E-state index is 0.708. The summed E-state index contributed by atoms with van der Waals surface area (Å²) in [6, 6.07) is 2.18. The Bertz CT molecular complexity index is 182. The van der Waals surface area contributed by atoms with Crippen LogP contribution in [0.3, 0.4) is 0 Å². The van der Waals surface area contributed by atoms with E-state index in [0.29, 0.717) is 12.1 Å². The van der Waals surface area contributed by atoms with Gasteiger partial charge in [0, 0.05) is 31.2 Å². The SMILES string of the molecule is CCCCCC(C)N1CC(CC)NCC1C. The van der Waals surface area contributed by atoms with Gasteiger partial charge in [0.2, 0.25) is 0 Å². The first-order chi connectivity index (χ1) is 7.69. The predicted octanol–water partition coefficient (Wildman–Crippen LogP) is 3.03. The third-order valence-electron chi connectivity index (χ3n) is 3.98. The molecule has 1 aliphatic rings. The minimum absolute atomic E-state index is 0.708. The van der Waals surface area contributed by atoms with Gasteiger partial charge in [-0.3, -0.25) is 4.90 Å². The van der Waals surface area contributed by atoms with Crippen LogP contribution < -0.4 is 5.32 Å². The van der Waals surface area contributed by atoms with Crippen LogP contribution in [0.1, 0.15) is 59.8 Å². The highest BCUT2D eigenvalue weighted by Crippen LogP contribution is 2.17. The predicted molar refractivity (Wildman–Crippen MR) is 71.9 cm³/mol. The highest BCUT2D eigenvalue weighted by atomic mass is 15.2. The third-order valence-corrected chi connectivity index (χ3v) is 3.98. The van der Waals surface area contributed by atoms with Gasteiger partial charge in [0.15, 0.2) is 0 Å². The average molecular weight is 226 g/mol. The van der Waals surface area contributed by atoms with Gasteiger partial charge in [-0.05, 0) is 26.7 Å². The molecule has 1 heterocycles. The lowest BCUT2D eigenvalue weighted by atomic mass is 10.0. The zero-order valence-corrected chi connectivity index (χ0v) is 11.6. The average Bonchev–Trinajstić information content (AvgIpc) is 2.30. The van der Waals surface area contributed by atoms with Crippen molar-refractivity contribution in [3.8, 4) is 0 Å². The molecule has 0 bridgehead atoms. The van der Waals surface area contributed by atoms with E-state index < -0.39 is 0 Å². The van der Waals surface area contributed by atoms with Gasteiger partial charge in [0.25, 0.3) is 0 Å². The number of hydrogen-bond donors (Lipinski definition) is 1. The number of unbranched alkanes of at least 4 members (excludes halogenated alkanes) is 2. The zero-order valence-electron chi connectivity index (χ0n) is 11.6. The Labute approximate surface area is 102 Å². The fourth-order valence-electron chi connectivity index (χ4n) is 2.70. The van der Waals surface area contributed by atoms with Crippen molar-refractivity contribution >= 4 is 0 Å². The van der Waals surface area contributed by atoms with Crippen LogP contribution in [0.15, 0.2) is 0 Å². The van der Waals surface area contributed by atoms with Gasteiger partial charge in [-0.1, -0.05) is 33.1 Å². The Morgan fingerprint density at radius 2 is 2.06 bits per heavy atom. The summed E-state index contributed by atoms with van der Waals surface area (Å²) >= 11 is 0. The summed E-state index contributed by atoms with van der Waals surface area (Å²) in [5.41, 5.74) is 0.